The highest BCUT2D eigenvalue weighted by Gasteiger charge is 2.22. The second-order valence-electron chi connectivity index (χ2n) is 4.31. The predicted molar refractivity (Wildman–Crippen MR) is 67.3 cm³/mol. The zero-order valence-electron chi connectivity index (χ0n) is 10.3. The highest BCUT2D eigenvalue weighted by atomic mass is 32.2. The van der Waals surface area contributed by atoms with E-state index in [1.165, 1.54) is 24.3 Å². The Bertz CT molecular complexity index is 542. The van der Waals surface area contributed by atoms with Gasteiger partial charge in [-0.1, -0.05) is 6.92 Å². The molecule has 0 fully saturated rings. The predicted octanol–water partition coefficient (Wildman–Crippen LogP) is 0.998. The Morgan fingerprint density at radius 3 is 2.39 bits per heavy atom. The van der Waals surface area contributed by atoms with Crippen LogP contribution >= 0.6 is 0 Å². The summed E-state index contributed by atoms with van der Waals surface area (Å²) in [6.45, 7) is 3.29. The van der Waals surface area contributed by atoms with Gasteiger partial charge in [-0.25, -0.2) is 13.1 Å². The molecule has 1 unspecified atom stereocenters. The molecule has 1 atom stereocenters. The van der Waals surface area contributed by atoms with E-state index in [1.807, 2.05) is 6.07 Å². The van der Waals surface area contributed by atoms with Crippen molar-refractivity contribution in [1.82, 2.24) is 4.72 Å². The fourth-order valence-electron chi connectivity index (χ4n) is 1.17. The van der Waals surface area contributed by atoms with Crippen LogP contribution in [0.25, 0.3) is 0 Å². The summed E-state index contributed by atoms with van der Waals surface area (Å²) in [5.41, 5.74) is -0.672. The number of aliphatic hydroxyl groups is 1. The van der Waals surface area contributed by atoms with Crippen LogP contribution in [0.15, 0.2) is 29.2 Å². The van der Waals surface area contributed by atoms with Gasteiger partial charge in [0.25, 0.3) is 0 Å². The average Bonchev–Trinajstić information content (AvgIpc) is 2.37. The second kappa shape index (κ2) is 5.48. The van der Waals surface area contributed by atoms with Crippen molar-refractivity contribution in [2.24, 2.45) is 0 Å². The Labute approximate surface area is 107 Å². The molecule has 0 saturated heterocycles. The summed E-state index contributed by atoms with van der Waals surface area (Å²) in [7, 11) is -3.65. The molecule has 1 aromatic carbocycles. The van der Waals surface area contributed by atoms with Crippen molar-refractivity contribution in [3.8, 4) is 6.07 Å². The molecule has 0 bridgehead atoms. The fourth-order valence-corrected chi connectivity index (χ4v) is 2.33. The topological polar surface area (TPSA) is 90.2 Å². The van der Waals surface area contributed by atoms with Crippen molar-refractivity contribution in [3.63, 3.8) is 0 Å². The third kappa shape index (κ3) is 3.81. The molecule has 0 spiro atoms. The number of hydrogen-bond donors (Lipinski definition) is 2. The van der Waals surface area contributed by atoms with E-state index >= 15 is 0 Å². The van der Waals surface area contributed by atoms with E-state index in [-0.39, 0.29) is 11.4 Å². The summed E-state index contributed by atoms with van der Waals surface area (Å²) < 4.78 is 26.1. The number of rotatable bonds is 5. The molecule has 5 nitrogen and oxygen atoms in total. The maximum absolute atomic E-state index is 11.9. The lowest BCUT2D eigenvalue weighted by Gasteiger charge is -2.21. The van der Waals surface area contributed by atoms with Gasteiger partial charge in [-0.15, -0.1) is 0 Å². The minimum absolute atomic E-state index is 0.0498. The summed E-state index contributed by atoms with van der Waals surface area (Å²) >= 11 is 0. The molecule has 0 saturated carbocycles. The average molecular weight is 268 g/mol. The van der Waals surface area contributed by atoms with E-state index in [2.05, 4.69) is 4.72 Å². The van der Waals surface area contributed by atoms with Gasteiger partial charge in [0.1, 0.15) is 0 Å². The van der Waals surface area contributed by atoms with Crippen LogP contribution in [0.1, 0.15) is 25.8 Å². The van der Waals surface area contributed by atoms with E-state index < -0.39 is 15.6 Å². The molecule has 0 aliphatic rings. The summed E-state index contributed by atoms with van der Waals surface area (Å²) in [6, 6.07) is 7.52. The summed E-state index contributed by atoms with van der Waals surface area (Å²) in [5, 5.41) is 18.4. The van der Waals surface area contributed by atoms with Crippen LogP contribution in [-0.2, 0) is 10.0 Å². The maximum atomic E-state index is 11.9. The first-order valence-electron chi connectivity index (χ1n) is 5.53. The molecule has 0 heterocycles. The first kappa shape index (κ1) is 14.6. The van der Waals surface area contributed by atoms with Crippen molar-refractivity contribution in [1.29, 1.82) is 5.26 Å². The smallest absolute Gasteiger partial charge is 0.240 e. The van der Waals surface area contributed by atoms with E-state index in [4.69, 9.17) is 5.26 Å². The summed E-state index contributed by atoms with van der Waals surface area (Å²) in [6.07, 6.45) is 0.447. The molecule has 0 aliphatic carbocycles. The van der Waals surface area contributed by atoms with Crippen LogP contribution in [0.4, 0.5) is 0 Å². The Morgan fingerprint density at radius 2 is 1.94 bits per heavy atom. The molecule has 6 heteroatoms. The SMILES string of the molecule is CCC(C)(O)CNS(=O)(=O)c1ccc(C#N)cc1. The lowest BCUT2D eigenvalue weighted by atomic mass is 10.1. The summed E-state index contributed by atoms with van der Waals surface area (Å²) in [5.74, 6) is 0. The minimum atomic E-state index is -3.65. The Kier molecular flexibility index (Phi) is 4.46. The lowest BCUT2D eigenvalue weighted by molar-refractivity contribution is 0.0613. The van der Waals surface area contributed by atoms with Crippen molar-refractivity contribution in [3.05, 3.63) is 29.8 Å². The normalized spacial score (nSPS) is 14.8. The van der Waals surface area contributed by atoms with Gasteiger partial charge in [-0.2, -0.15) is 5.26 Å². The van der Waals surface area contributed by atoms with E-state index in [9.17, 15) is 13.5 Å². The fraction of sp³-hybridized carbons (Fsp3) is 0.417. The van der Waals surface area contributed by atoms with Crippen molar-refractivity contribution >= 4 is 10.0 Å². The molecule has 98 valence electrons. The monoisotopic (exact) mass is 268 g/mol. The van der Waals surface area contributed by atoms with Gasteiger partial charge in [0, 0.05) is 6.54 Å². The number of sulfonamides is 1. The largest absolute Gasteiger partial charge is 0.389 e. The van der Waals surface area contributed by atoms with Gasteiger partial charge in [0.15, 0.2) is 0 Å². The molecule has 18 heavy (non-hydrogen) atoms. The zero-order valence-corrected chi connectivity index (χ0v) is 11.2. The molecule has 0 amide bonds. The third-order valence-electron chi connectivity index (χ3n) is 2.70. The highest BCUT2D eigenvalue weighted by molar-refractivity contribution is 7.89. The van der Waals surface area contributed by atoms with Gasteiger partial charge in [0.05, 0.1) is 22.1 Å². The molecule has 1 rings (SSSR count). The molecule has 0 aromatic heterocycles. The lowest BCUT2D eigenvalue weighted by Crippen LogP contribution is -2.40. The number of nitrogens with one attached hydrogen (secondary N) is 1. The number of nitriles is 1. The van der Waals surface area contributed by atoms with Crippen LogP contribution in [0.2, 0.25) is 0 Å². The molecular weight excluding hydrogens is 252 g/mol. The minimum Gasteiger partial charge on any atom is -0.389 e. The highest BCUT2D eigenvalue weighted by Crippen LogP contribution is 2.12. The van der Waals surface area contributed by atoms with Crippen LogP contribution < -0.4 is 4.72 Å². The Hall–Kier alpha value is -1.42. The Morgan fingerprint density at radius 1 is 1.39 bits per heavy atom. The van der Waals surface area contributed by atoms with Gasteiger partial charge in [-0.05, 0) is 37.6 Å². The van der Waals surface area contributed by atoms with E-state index in [0.29, 0.717) is 12.0 Å². The van der Waals surface area contributed by atoms with E-state index in [0.717, 1.165) is 0 Å². The zero-order chi connectivity index (χ0) is 13.8. The molecular formula is C12H16N2O3S. The molecule has 2 N–H and O–H groups in total. The summed E-state index contributed by atoms with van der Waals surface area (Å²) in [4.78, 5) is 0.0772. The number of hydrogen-bond acceptors (Lipinski definition) is 4. The molecule has 1 aromatic rings. The van der Waals surface area contributed by atoms with Gasteiger partial charge in [-0.3, -0.25) is 0 Å². The van der Waals surface area contributed by atoms with Gasteiger partial charge >= 0.3 is 0 Å². The molecule has 0 aliphatic heterocycles. The number of nitrogens with zero attached hydrogens (tertiary/aromatic N) is 1. The number of benzene rings is 1. The second-order valence-corrected chi connectivity index (χ2v) is 6.08. The Balaban J connectivity index is 2.84. The van der Waals surface area contributed by atoms with Crippen molar-refractivity contribution < 1.29 is 13.5 Å². The third-order valence-corrected chi connectivity index (χ3v) is 4.12. The van der Waals surface area contributed by atoms with Crippen molar-refractivity contribution in [2.75, 3.05) is 6.54 Å². The van der Waals surface area contributed by atoms with Crippen LogP contribution in [-0.4, -0.2) is 25.7 Å². The molecule has 0 radical (unpaired) electrons. The van der Waals surface area contributed by atoms with Crippen LogP contribution in [0, 0.1) is 11.3 Å². The van der Waals surface area contributed by atoms with Gasteiger partial charge < -0.3 is 5.11 Å². The van der Waals surface area contributed by atoms with Crippen LogP contribution in [0.3, 0.4) is 0 Å². The maximum Gasteiger partial charge on any atom is 0.240 e. The quantitative estimate of drug-likeness (QED) is 0.833. The van der Waals surface area contributed by atoms with Gasteiger partial charge in [0.2, 0.25) is 10.0 Å². The standard InChI is InChI=1S/C12H16N2O3S/c1-3-12(2,15)9-14-18(16,17)11-6-4-10(8-13)5-7-11/h4-7,14-15H,3,9H2,1-2H3. The first-order chi connectivity index (χ1) is 8.30. The first-order valence-corrected chi connectivity index (χ1v) is 7.01. The van der Waals surface area contributed by atoms with Crippen LogP contribution in [0.5, 0.6) is 0 Å². The van der Waals surface area contributed by atoms with Crippen molar-refractivity contribution in [2.45, 2.75) is 30.8 Å². The van der Waals surface area contributed by atoms with E-state index in [1.54, 1.807) is 13.8 Å².